The maximum absolute atomic E-state index is 12.0. The van der Waals surface area contributed by atoms with E-state index in [1.54, 1.807) is 0 Å². The van der Waals surface area contributed by atoms with Crippen LogP contribution >= 0.6 is 0 Å². The quantitative estimate of drug-likeness (QED) is 0.562. The second-order valence-electron chi connectivity index (χ2n) is 4.54. The van der Waals surface area contributed by atoms with E-state index in [1.807, 2.05) is 0 Å². The summed E-state index contributed by atoms with van der Waals surface area (Å²) < 4.78 is 7.62. The molecule has 3 heterocycles. The van der Waals surface area contributed by atoms with Crippen LogP contribution < -0.4 is 5.69 Å². The second-order valence-corrected chi connectivity index (χ2v) is 4.54. The van der Waals surface area contributed by atoms with E-state index in [-0.39, 0.29) is 5.82 Å². The number of ether oxygens (including phenoxy) is 1. The summed E-state index contributed by atoms with van der Waals surface area (Å²) in [5, 5.41) is 32.5. The van der Waals surface area contributed by atoms with Crippen molar-refractivity contribution in [2.75, 3.05) is 6.61 Å². The summed E-state index contributed by atoms with van der Waals surface area (Å²) >= 11 is 0. The molecule has 0 aromatic carbocycles. The van der Waals surface area contributed by atoms with Gasteiger partial charge in [0.2, 0.25) is 0 Å². The normalized spacial score (nSPS) is 28.9. The number of aliphatic hydroxyl groups is 3. The molecule has 0 amide bonds. The van der Waals surface area contributed by atoms with Gasteiger partial charge in [0.1, 0.15) is 31.0 Å². The fourth-order valence-corrected chi connectivity index (χ4v) is 2.16. The van der Waals surface area contributed by atoms with Crippen LogP contribution in [0.5, 0.6) is 0 Å². The van der Waals surface area contributed by atoms with Crippen LogP contribution in [0.4, 0.5) is 0 Å². The third kappa shape index (κ3) is 2.34. The zero-order valence-corrected chi connectivity index (χ0v) is 10.7. The van der Waals surface area contributed by atoms with Gasteiger partial charge >= 0.3 is 5.69 Å². The first kappa shape index (κ1) is 13.8. The number of aliphatic hydroxyl groups excluding tert-OH is 3. The molecule has 10 nitrogen and oxygen atoms in total. The number of aromatic nitrogens is 5. The van der Waals surface area contributed by atoms with Crippen LogP contribution in [-0.4, -0.2) is 64.6 Å². The van der Waals surface area contributed by atoms with Crippen molar-refractivity contribution in [1.82, 2.24) is 24.3 Å². The van der Waals surface area contributed by atoms with Gasteiger partial charge in [0.25, 0.3) is 0 Å². The van der Waals surface area contributed by atoms with Crippen molar-refractivity contribution in [3.63, 3.8) is 0 Å². The van der Waals surface area contributed by atoms with E-state index in [4.69, 9.17) is 9.84 Å². The Hall–Kier alpha value is -2.14. The largest absolute Gasteiger partial charge is 0.394 e. The maximum atomic E-state index is 12.0. The summed E-state index contributed by atoms with van der Waals surface area (Å²) in [4.78, 5) is 19.6. The highest BCUT2D eigenvalue weighted by Gasteiger charge is 2.43. The Morgan fingerprint density at radius 3 is 2.71 bits per heavy atom. The summed E-state index contributed by atoms with van der Waals surface area (Å²) in [5.74, 6) is 0.264. The smallest absolute Gasteiger partial charge is 0.351 e. The van der Waals surface area contributed by atoms with Crippen molar-refractivity contribution in [3.8, 4) is 5.82 Å². The fraction of sp³-hybridized carbons (Fsp3) is 0.455. The SMILES string of the molecule is O=c1nc(-n2cncn2)ccn1[C@@H]1OC(CO)[C@@H](O)[C@H]1O. The summed E-state index contributed by atoms with van der Waals surface area (Å²) in [7, 11) is 0. The summed E-state index contributed by atoms with van der Waals surface area (Å²) in [5.41, 5.74) is -0.683. The Morgan fingerprint density at radius 1 is 1.33 bits per heavy atom. The van der Waals surface area contributed by atoms with Gasteiger partial charge in [-0.25, -0.2) is 14.5 Å². The van der Waals surface area contributed by atoms with Gasteiger partial charge in [0.05, 0.1) is 6.61 Å². The van der Waals surface area contributed by atoms with Gasteiger partial charge < -0.3 is 20.1 Å². The van der Waals surface area contributed by atoms with Crippen LogP contribution in [0, 0.1) is 0 Å². The lowest BCUT2D eigenvalue weighted by Crippen LogP contribution is -2.36. The van der Waals surface area contributed by atoms with Gasteiger partial charge in [-0.15, -0.1) is 0 Å². The van der Waals surface area contributed by atoms with E-state index < -0.39 is 36.8 Å². The molecule has 1 aliphatic rings. The van der Waals surface area contributed by atoms with Crippen LogP contribution in [0.1, 0.15) is 6.23 Å². The molecule has 1 fully saturated rings. The number of hydrogen-bond donors (Lipinski definition) is 3. The number of nitrogens with zero attached hydrogens (tertiary/aromatic N) is 5. The minimum absolute atomic E-state index is 0.264. The van der Waals surface area contributed by atoms with Crippen LogP contribution in [0.2, 0.25) is 0 Å². The molecule has 4 atom stereocenters. The standard InChI is InChI=1S/C11H13N5O5/c17-3-6-8(18)9(19)10(21-6)15-2-1-7(14-11(15)20)16-5-12-4-13-16/h1-2,4-6,8-10,17-19H,3H2/t6?,8-,9-,10-/m1/s1. The van der Waals surface area contributed by atoms with Crippen LogP contribution in [-0.2, 0) is 4.74 Å². The highest BCUT2D eigenvalue weighted by molar-refractivity contribution is 5.16. The van der Waals surface area contributed by atoms with Crippen molar-refractivity contribution < 1.29 is 20.1 Å². The Balaban J connectivity index is 1.92. The molecule has 0 aliphatic carbocycles. The highest BCUT2D eigenvalue weighted by Crippen LogP contribution is 2.27. The third-order valence-corrected chi connectivity index (χ3v) is 3.26. The molecule has 1 saturated heterocycles. The summed E-state index contributed by atoms with van der Waals surface area (Å²) in [6, 6.07) is 1.49. The van der Waals surface area contributed by atoms with Gasteiger partial charge in [-0.3, -0.25) is 4.57 Å². The Labute approximate surface area is 117 Å². The van der Waals surface area contributed by atoms with E-state index >= 15 is 0 Å². The van der Waals surface area contributed by atoms with Crippen molar-refractivity contribution in [2.24, 2.45) is 0 Å². The summed E-state index contributed by atoms with van der Waals surface area (Å²) in [6.07, 6.45) is -0.612. The molecule has 1 unspecified atom stereocenters. The Morgan fingerprint density at radius 2 is 2.14 bits per heavy atom. The molecule has 21 heavy (non-hydrogen) atoms. The van der Waals surface area contributed by atoms with Crippen molar-refractivity contribution in [2.45, 2.75) is 24.5 Å². The number of hydrogen-bond acceptors (Lipinski definition) is 8. The van der Waals surface area contributed by atoms with Crippen molar-refractivity contribution in [1.29, 1.82) is 0 Å². The van der Waals surface area contributed by atoms with Gasteiger partial charge in [0.15, 0.2) is 12.0 Å². The molecule has 10 heteroatoms. The molecule has 0 bridgehead atoms. The molecule has 0 spiro atoms. The molecular formula is C11H13N5O5. The molecule has 0 radical (unpaired) electrons. The average molecular weight is 295 g/mol. The topological polar surface area (TPSA) is 136 Å². The average Bonchev–Trinajstić information content (AvgIpc) is 3.10. The molecular weight excluding hydrogens is 282 g/mol. The van der Waals surface area contributed by atoms with Crippen LogP contribution in [0.15, 0.2) is 29.7 Å². The lowest BCUT2D eigenvalue weighted by atomic mass is 10.1. The maximum Gasteiger partial charge on any atom is 0.351 e. The first-order valence-corrected chi connectivity index (χ1v) is 6.18. The molecule has 2 aromatic rings. The third-order valence-electron chi connectivity index (χ3n) is 3.26. The molecule has 1 aliphatic heterocycles. The molecule has 112 valence electrons. The van der Waals surface area contributed by atoms with E-state index in [9.17, 15) is 15.0 Å². The van der Waals surface area contributed by atoms with E-state index in [1.165, 1.54) is 29.6 Å². The molecule has 2 aromatic heterocycles. The first-order chi connectivity index (χ1) is 10.1. The van der Waals surface area contributed by atoms with Gasteiger partial charge in [-0.1, -0.05) is 0 Å². The zero-order valence-electron chi connectivity index (χ0n) is 10.7. The molecule has 3 N–H and O–H groups in total. The molecule has 3 rings (SSSR count). The Kier molecular flexibility index (Phi) is 3.51. The first-order valence-electron chi connectivity index (χ1n) is 6.18. The Bertz CT molecular complexity index is 672. The fourth-order valence-electron chi connectivity index (χ4n) is 2.16. The van der Waals surface area contributed by atoms with Crippen LogP contribution in [0.3, 0.4) is 0 Å². The number of rotatable bonds is 3. The van der Waals surface area contributed by atoms with Crippen molar-refractivity contribution in [3.05, 3.63) is 35.4 Å². The predicted molar refractivity (Wildman–Crippen MR) is 66.4 cm³/mol. The minimum atomic E-state index is -1.33. The highest BCUT2D eigenvalue weighted by atomic mass is 16.6. The van der Waals surface area contributed by atoms with Crippen molar-refractivity contribution >= 4 is 0 Å². The predicted octanol–water partition coefficient (Wildman–Crippen LogP) is -2.56. The van der Waals surface area contributed by atoms with E-state index in [0.717, 1.165) is 4.57 Å². The second kappa shape index (κ2) is 5.33. The van der Waals surface area contributed by atoms with E-state index in [2.05, 4.69) is 15.1 Å². The van der Waals surface area contributed by atoms with Crippen LogP contribution in [0.25, 0.3) is 5.82 Å². The van der Waals surface area contributed by atoms with E-state index in [0.29, 0.717) is 0 Å². The summed E-state index contributed by atoms with van der Waals surface area (Å²) in [6.45, 7) is -0.464. The lowest BCUT2D eigenvalue weighted by Gasteiger charge is -2.17. The van der Waals surface area contributed by atoms with Gasteiger partial charge in [-0.2, -0.15) is 10.1 Å². The lowest BCUT2D eigenvalue weighted by molar-refractivity contribution is -0.0549. The zero-order chi connectivity index (χ0) is 15.0. The van der Waals surface area contributed by atoms with Gasteiger partial charge in [0, 0.05) is 6.20 Å². The molecule has 0 saturated carbocycles. The monoisotopic (exact) mass is 295 g/mol. The minimum Gasteiger partial charge on any atom is -0.394 e. The van der Waals surface area contributed by atoms with Gasteiger partial charge in [-0.05, 0) is 6.07 Å².